The molecule has 0 aliphatic heterocycles. The Kier molecular flexibility index (Phi) is 2.47. The van der Waals surface area contributed by atoms with Gasteiger partial charge in [-0.15, -0.1) is 0 Å². The van der Waals surface area contributed by atoms with Crippen molar-refractivity contribution < 1.29 is 14.8 Å². The minimum absolute atomic E-state index is 0.215. The van der Waals surface area contributed by atoms with E-state index in [4.69, 9.17) is 0 Å². The molecular formula is C14H16N3O4-. The van der Waals surface area contributed by atoms with E-state index in [9.17, 15) is 20.0 Å². The molecule has 0 radical (unpaired) electrons. The lowest BCUT2D eigenvalue weighted by Gasteiger charge is -2.56. The number of rotatable bonds is 3. The summed E-state index contributed by atoms with van der Waals surface area (Å²) in [6.45, 7) is 0. The zero-order chi connectivity index (χ0) is 14.8. The van der Waals surface area contributed by atoms with Gasteiger partial charge in [-0.2, -0.15) is 5.10 Å². The monoisotopic (exact) mass is 290 g/mol. The fourth-order valence-electron chi connectivity index (χ4n) is 5.23. The second-order valence-electron chi connectivity index (χ2n) is 6.99. The van der Waals surface area contributed by atoms with Gasteiger partial charge in [0.25, 0.3) is 0 Å². The smallest absolute Gasteiger partial charge is 0.316 e. The molecule has 0 amide bonds. The van der Waals surface area contributed by atoms with E-state index in [0.29, 0.717) is 17.8 Å². The topological polar surface area (TPSA) is 101 Å². The van der Waals surface area contributed by atoms with Crippen molar-refractivity contribution in [3.05, 3.63) is 22.0 Å². The summed E-state index contributed by atoms with van der Waals surface area (Å²) in [5.41, 5.74) is -1.21. The van der Waals surface area contributed by atoms with Crippen LogP contribution in [0, 0.1) is 27.9 Å². The van der Waals surface area contributed by atoms with Gasteiger partial charge in [-0.3, -0.25) is 14.8 Å². The number of carbonyl (C=O) groups is 1. The van der Waals surface area contributed by atoms with Crippen molar-refractivity contribution in [1.29, 1.82) is 0 Å². The number of carbonyl (C=O) groups excluding carboxylic acids is 1. The number of aromatic nitrogens is 2. The maximum atomic E-state index is 11.1. The van der Waals surface area contributed by atoms with Crippen LogP contribution in [-0.2, 0) is 5.54 Å². The van der Waals surface area contributed by atoms with E-state index in [0.717, 1.165) is 19.3 Å². The SMILES string of the molecule is O=C([O-])c1nn(C23CC4CC(CC(C4)C2)C3)cc1[N+](=O)[O-]. The Balaban J connectivity index is 1.78. The minimum atomic E-state index is -1.58. The lowest BCUT2D eigenvalue weighted by atomic mass is 9.53. The number of carboxylic acids is 1. The summed E-state index contributed by atoms with van der Waals surface area (Å²) in [5, 5.41) is 26.1. The first-order valence-electron chi connectivity index (χ1n) is 7.43. The van der Waals surface area contributed by atoms with E-state index >= 15 is 0 Å². The van der Waals surface area contributed by atoms with Crippen LogP contribution in [0.15, 0.2) is 6.20 Å². The third kappa shape index (κ3) is 1.79. The van der Waals surface area contributed by atoms with Crippen LogP contribution >= 0.6 is 0 Å². The Morgan fingerprint density at radius 3 is 2.14 bits per heavy atom. The molecular weight excluding hydrogens is 274 g/mol. The van der Waals surface area contributed by atoms with E-state index in [1.165, 1.54) is 25.5 Å². The maximum absolute atomic E-state index is 11.1. The number of aromatic carboxylic acids is 1. The van der Waals surface area contributed by atoms with Crippen LogP contribution in [0.2, 0.25) is 0 Å². The minimum Gasteiger partial charge on any atom is -0.543 e. The van der Waals surface area contributed by atoms with Gasteiger partial charge >= 0.3 is 5.69 Å². The summed E-state index contributed by atoms with van der Waals surface area (Å²) in [6.07, 6.45) is 7.93. The fraction of sp³-hybridized carbons (Fsp3) is 0.714. The summed E-state index contributed by atoms with van der Waals surface area (Å²) >= 11 is 0. The molecule has 112 valence electrons. The largest absolute Gasteiger partial charge is 0.543 e. The van der Waals surface area contributed by atoms with E-state index in [2.05, 4.69) is 5.10 Å². The number of hydrogen-bond acceptors (Lipinski definition) is 5. The summed E-state index contributed by atoms with van der Waals surface area (Å²) in [5.74, 6) is 0.396. The molecule has 4 aliphatic carbocycles. The third-order valence-corrected chi connectivity index (χ3v) is 5.58. The van der Waals surface area contributed by atoms with Gasteiger partial charge < -0.3 is 9.90 Å². The highest BCUT2D eigenvalue weighted by molar-refractivity contribution is 5.88. The maximum Gasteiger partial charge on any atom is 0.316 e. The molecule has 0 unspecified atom stereocenters. The number of nitrogens with zero attached hydrogens (tertiary/aromatic N) is 3. The number of carboxylic acid groups (broad SMARTS) is 1. The third-order valence-electron chi connectivity index (χ3n) is 5.58. The number of hydrogen-bond donors (Lipinski definition) is 0. The molecule has 0 N–H and O–H groups in total. The Labute approximate surface area is 121 Å². The van der Waals surface area contributed by atoms with E-state index in [1.807, 2.05) is 0 Å². The van der Waals surface area contributed by atoms with Crippen LogP contribution in [0.1, 0.15) is 49.0 Å². The second kappa shape index (κ2) is 4.05. The highest BCUT2D eigenvalue weighted by atomic mass is 16.6. The van der Waals surface area contributed by atoms with Crippen molar-refractivity contribution in [3.8, 4) is 0 Å². The zero-order valence-corrected chi connectivity index (χ0v) is 11.5. The average Bonchev–Trinajstić information content (AvgIpc) is 2.82. The van der Waals surface area contributed by atoms with Crippen molar-refractivity contribution in [2.24, 2.45) is 17.8 Å². The molecule has 5 rings (SSSR count). The predicted octanol–water partition coefficient (Wildman–Crippen LogP) is 1.08. The summed E-state index contributed by atoms with van der Waals surface area (Å²) in [7, 11) is 0. The molecule has 0 saturated heterocycles. The molecule has 4 bridgehead atoms. The predicted molar refractivity (Wildman–Crippen MR) is 69.4 cm³/mol. The van der Waals surface area contributed by atoms with Crippen LogP contribution in [0.3, 0.4) is 0 Å². The molecule has 1 aromatic rings. The van der Waals surface area contributed by atoms with Gasteiger partial charge in [0.1, 0.15) is 6.20 Å². The summed E-state index contributed by atoms with van der Waals surface area (Å²) in [4.78, 5) is 21.4. The van der Waals surface area contributed by atoms with Crippen LogP contribution in [0.4, 0.5) is 5.69 Å². The summed E-state index contributed by atoms with van der Waals surface area (Å²) in [6, 6.07) is 0. The summed E-state index contributed by atoms with van der Waals surface area (Å²) < 4.78 is 1.58. The molecule has 4 saturated carbocycles. The molecule has 21 heavy (non-hydrogen) atoms. The normalized spacial score (nSPS) is 36.9. The van der Waals surface area contributed by atoms with E-state index < -0.39 is 22.3 Å². The molecule has 1 heterocycles. The lowest BCUT2D eigenvalue weighted by Crippen LogP contribution is -2.52. The molecule has 0 aromatic carbocycles. The van der Waals surface area contributed by atoms with Crippen molar-refractivity contribution in [1.82, 2.24) is 9.78 Å². The Bertz CT molecular complexity index is 569. The first-order valence-corrected chi connectivity index (χ1v) is 7.43. The van der Waals surface area contributed by atoms with Crippen LogP contribution in [-0.4, -0.2) is 20.7 Å². The quantitative estimate of drug-likeness (QED) is 0.612. The van der Waals surface area contributed by atoms with Crippen LogP contribution < -0.4 is 5.11 Å². The molecule has 4 aliphatic rings. The van der Waals surface area contributed by atoms with Gasteiger partial charge in [-0.25, -0.2) is 0 Å². The first-order chi connectivity index (χ1) is 9.97. The first kappa shape index (κ1) is 12.8. The zero-order valence-electron chi connectivity index (χ0n) is 11.5. The fourth-order valence-corrected chi connectivity index (χ4v) is 5.23. The van der Waals surface area contributed by atoms with Gasteiger partial charge in [0.05, 0.1) is 16.4 Å². The van der Waals surface area contributed by atoms with Gasteiger partial charge in [-0.1, -0.05) is 0 Å². The van der Waals surface area contributed by atoms with Crippen molar-refractivity contribution in [3.63, 3.8) is 0 Å². The van der Waals surface area contributed by atoms with E-state index in [1.54, 1.807) is 4.68 Å². The Morgan fingerprint density at radius 1 is 1.24 bits per heavy atom. The molecule has 0 atom stereocenters. The molecule has 7 nitrogen and oxygen atoms in total. The van der Waals surface area contributed by atoms with Crippen molar-refractivity contribution in [2.75, 3.05) is 0 Å². The second-order valence-corrected chi connectivity index (χ2v) is 6.99. The highest BCUT2D eigenvalue weighted by Gasteiger charge is 2.52. The molecule has 7 heteroatoms. The molecule has 0 spiro atoms. The number of nitro groups is 1. The van der Waals surface area contributed by atoms with Crippen LogP contribution in [0.5, 0.6) is 0 Å². The van der Waals surface area contributed by atoms with Crippen LogP contribution in [0.25, 0.3) is 0 Å². The standard InChI is InChI=1S/C14H17N3O4/c18-13(19)12-11(17(20)21)7-16(15-12)14-4-8-1-9(5-14)3-10(2-8)6-14/h7-10H,1-6H2,(H,18,19)/p-1. The van der Waals surface area contributed by atoms with Crippen molar-refractivity contribution in [2.45, 2.75) is 44.1 Å². The Morgan fingerprint density at radius 2 is 1.76 bits per heavy atom. The van der Waals surface area contributed by atoms with Crippen molar-refractivity contribution >= 4 is 11.7 Å². The van der Waals surface area contributed by atoms with E-state index in [-0.39, 0.29) is 5.54 Å². The lowest BCUT2D eigenvalue weighted by molar-refractivity contribution is -0.386. The Hall–Kier alpha value is -1.92. The van der Waals surface area contributed by atoms with Gasteiger partial charge in [0.15, 0.2) is 5.69 Å². The molecule has 4 fully saturated rings. The molecule has 1 aromatic heterocycles. The van der Waals surface area contributed by atoms with Gasteiger partial charge in [0.2, 0.25) is 0 Å². The average molecular weight is 290 g/mol. The highest BCUT2D eigenvalue weighted by Crippen LogP contribution is 2.58. The van der Waals surface area contributed by atoms with Gasteiger partial charge in [0, 0.05) is 0 Å². The van der Waals surface area contributed by atoms with Gasteiger partial charge in [-0.05, 0) is 56.3 Å².